The highest BCUT2D eigenvalue weighted by atomic mass is 32.2. The molecule has 0 aliphatic heterocycles. The van der Waals surface area contributed by atoms with Crippen LogP contribution in [-0.4, -0.2) is 14.3 Å². The van der Waals surface area contributed by atoms with Crippen LogP contribution < -0.4 is 10.3 Å². The van der Waals surface area contributed by atoms with Crippen LogP contribution in [0.1, 0.15) is 15.2 Å². The summed E-state index contributed by atoms with van der Waals surface area (Å²) in [6.07, 6.45) is 0. The summed E-state index contributed by atoms with van der Waals surface area (Å²) in [5.41, 5.74) is 4.88. The van der Waals surface area contributed by atoms with E-state index in [0.29, 0.717) is 10.4 Å². The summed E-state index contributed by atoms with van der Waals surface area (Å²) in [4.78, 5) is 14.7. The Morgan fingerprint density at radius 2 is 1.65 bits per heavy atom. The Kier molecular flexibility index (Phi) is 5.17. The van der Waals surface area contributed by atoms with Crippen LogP contribution in [0.5, 0.6) is 0 Å². The summed E-state index contributed by atoms with van der Waals surface area (Å²) in [6, 6.07) is 13.8. The number of hydrogen-bond donors (Lipinski definition) is 2. The largest absolute Gasteiger partial charge is 0.276 e. The first-order valence-corrected chi connectivity index (χ1v) is 9.95. The second kappa shape index (κ2) is 7.36. The highest BCUT2D eigenvalue weighted by molar-refractivity contribution is 7.89. The maximum Gasteiger partial charge on any atom is 0.276 e. The van der Waals surface area contributed by atoms with E-state index in [2.05, 4.69) is 5.43 Å². The first-order chi connectivity index (χ1) is 12.4. The lowest BCUT2D eigenvalue weighted by Gasteiger charge is -2.09. The van der Waals surface area contributed by atoms with Gasteiger partial charge in [0.25, 0.3) is 15.9 Å². The molecule has 1 heterocycles. The standard InChI is InChI=1S/C18H15FN2O3S2/c1-12-2-4-13(5-3-12)16-10-11-25-17(16)18(22)20-21-26(23,24)15-8-6-14(19)7-9-15/h2-11,21H,1H3,(H,20,22). The van der Waals surface area contributed by atoms with Gasteiger partial charge >= 0.3 is 0 Å². The van der Waals surface area contributed by atoms with E-state index in [1.807, 2.05) is 36.0 Å². The lowest BCUT2D eigenvalue weighted by Crippen LogP contribution is -2.41. The highest BCUT2D eigenvalue weighted by Gasteiger charge is 2.19. The monoisotopic (exact) mass is 390 g/mol. The zero-order valence-electron chi connectivity index (χ0n) is 13.7. The van der Waals surface area contributed by atoms with Crippen molar-refractivity contribution in [3.8, 4) is 11.1 Å². The van der Waals surface area contributed by atoms with Crippen molar-refractivity contribution in [3.63, 3.8) is 0 Å². The zero-order chi connectivity index (χ0) is 18.7. The summed E-state index contributed by atoms with van der Waals surface area (Å²) in [6.45, 7) is 1.97. The fourth-order valence-corrected chi connectivity index (χ4v) is 3.94. The Hall–Kier alpha value is -2.55. The van der Waals surface area contributed by atoms with Crippen LogP contribution in [0.3, 0.4) is 0 Å². The fourth-order valence-electron chi connectivity index (χ4n) is 2.29. The molecule has 2 N–H and O–H groups in total. The second-order valence-corrected chi connectivity index (χ2v) is 8.14. The number of nitrogens with one attached hydrogen (secondary N) is 2. The summed E-state index contributed by atoms with van der Waals surface area (Å²) < 4.78 is 37.3. The molecule has 8 heteroatoms. The van der Waals surface area contributed by atoms with Crippen molar-refractivity contribution in [2.24, 2.45) is 0 Å². The number of hydrazine groups is 1. The normalized spacial score (nSPS) is 11.3. The summed E-state index contributed by atoms with van der Waals surface area (Å²) >= 11 is 1.21. The molecule has 0 radical (unpaired) electrons. The van der Waals surface area contributed by atoms with E-state index in [4.69, 9.17) is 0 Å². The predicted octanol–water partition coefficient (Wildman–Crippen LogP) is 3.49. The number of hydrogen-bond acceptors (Lipinski definition) is 4. The quantitative estimate of drug-likeness (QED) is 0.655. The van der Waals surface area contributed by atoms with Crippen LogP contribution in [-0.2, 0) is 10.0 Å². The SMILES string of the molecule is Cc1ccc(-c2ccsc2C(=O)NNS(=O)(=O)c2ccc(F)cc2)cc1. The Morgan fingerprint density at radius 3 is 2.31 bits per heavy atom. The number of carbonyl (C=O) groups excluding carboxylic acids is 1. The summed E-state index contributed by atoms with van der Waals surface area (Å²) in [5, 5.41) is 1.76. The third kappa shape index (κ3) is 3.98. The van der Waals surface area contributed by atoms with E-state index in [-0.39, 0.29) is 4.90 Å². The van der Waals surface area contributed by atoms with Crippen LogP contribution in [0, 0.1) is 12.7 Å². The second-order valence-electron chi connectivity index (χ2n) is 5.54. The van der Waals surface area contributed by atoms with Crippen molar-refractivity contribution in [2.45, 2.75) is 11.8 Å². The minimum Gasteiger partial charge on any atom is -0.273 e. The Bertz CT molecular complexity index is 1030. The molecule has 0 saturated carbocycles. The van der Waals surface area contributed by atoms with Gasteiger partial charge in [-0.25, -0.2) is 12.8 Å². The first kappa shape index (κ1) is 18.2. The van der Waals surface area contributed by atoms with E-state index in [1.54, 1.807) is 11.4 Å². The molecule has 0 atom stereocenters. The van der Waals surface area contributed by atoms with Gasteiger partial charge in [-0.1, -0.05) is 29.8 Å². The molecule has 0 spiro atoms. The number of thiophene rings is 1. The lowest BCUT2D eigenvalue weighted by molar-refractivity contribution is 0.0950. The topological polar surface area (TPSA) is 75.3 Å². The molecule has 26 heavy (non-hydrogen) atoms. The number of carbonyl (C=O) groups is 1. The van der Waals surface area contributed by atoms with Gasteiger partial charge in [0.05, 0.1) is 4.90 Å². The summed E-state index contributed by atoms with van der Waals surface area (Å²) in [5.74, 6) is -1.12. The van der Waals surface area contributed by atoms with Gasteiger partial charge in [0.1, 0.15) is 10.7 Å². The van der Waals surface area contributed by atoms with Gasteiger partial charge in [-0.05, 0) is 48.2 Å². The molecule has 0 saturated heterocycles. The minimum absolute atomic E-state index is 0.149. The van der Waals surface area contributed by atoms with Gasteiger partial charge < -0.3 is 0 Å². The Morgan fingerprint density at radius 1 is 1.00 bits per heavy atom. The van der Waals surface area contributed by atoms with Crippen molar-refractivity contribution in [3.05, 3.63) is 76.2 Å². The van der Waals surface area contributed by atoms with Gasteiger partial charge in [0.2, 0.25) is 0 Å². The van der Waals surface area contributed by atoms with Crippen LogP contribution in [0.15, 0.2) is 64.9 Å². The van der Waals surface area contributed by atoms with E-state index in [0.717, 1.165) is 35.4 Å². The number of aryl methyl sites for hydroxylation is 1. The van der Waals surface area contributed by atoms with Gasteiger partial charge in [0.15, 0.2) is 0 Å². The highest BCUT2D eigenvalue weighted by Crippen LogP contribution is 2.28. The number of sulfonamides is 1. The molecule has 1 amide bonds. The molecule has 0 fully saturated rings. The van der Waals surface area contributed by atoms with Crippen LogP contribution >= 0.6 is 11.3 Å². The average molecular weight is 390 g/mol. The number of rotatable bonds is 5. The molecule has 3 aromatic rings. The number of halogens is 1. The molecule has 3 rings (SSSR count). The van der Waals surface area contributed by atoms with E-state index in [9.17, 15) is 17.6 Å². The van der Waals surface area contributed by atoms with Crippen molar-refractivity contribution >= 4 is 27.3 Å². The molecule has 1 aromatic heterocycles. The maximum atomic E-state index is 12.9. The fraction of sp³-hybridized carbons (Fsp3) is 0.0556. The first-order valence-electron chi connectivity index (χ1n) is 7.59. The third-order valence-corrected chi connectivity index (χ3v) is 5.83. The van der Waals surface area contributed by atoms with Crippen LogP contribution in [0.2, 0.25) is 0 Å². The zero-order valence-corrected chi connectivity index (χ0v) is 15.3. The molecule has 5 nitrogen and oxygen atoms in total. The van der Waals surface area contributed by atoms with E-state index < -0.39 is 21.7 Å². The predicted molar refractivity (Wildman–Crippen MR) is 98.7 cm³/mol. The molecule has 2 aromatic carbocycles. The Labute approximate surface area is 154 Å². The van der Waals surface area contributed by atoms with E-state index >= 15 is 0 Å². The van der Waals surface area contributed by atoms with Crippen molar-refractivity contribution in [1.29, 1.82) is 0 Å². The molecule has 0 bridgehead atoms. The van der Waals surface area contributed by atoms with Crippen molar-refractivity contribution in [1.82, 2.24) is 10.3 Å². The van der Waals surface area contributed by atoms with Crippen molar-refractivity contribution < 1.29 is 17.6 Å². The maximum absolute atomic E-state index is 12.9. The Balaban J connectivity index is 1.76. The van der Waals surface area contributed by atoms with Gasteiger partial charge in [-0.3, -0.25) is 10.2 Å². The molecular weight excluding hydrogens is 375 g/mol. The van der Waals surface area contributed by atoms with Crippen LogP contribution in [0.4, 0.5) is 4.39 Å². The smallest absolute Gasteiger partial charge is 0.273 e. The molecule has 0 aliphatic carbocycles. The summed E-state index contributed by atoms with van der Waals surface area (Å²) in [7, 11) is -3.99. The molecular formula is C18H15FN2O3S2. The van der Waals surface area contributed by atoms with E-state index in [1.165, 1.54) is 11.3 Å². The lowest BCUT2D eigenvalue weighted by atomic mass is 10.1. The van der Waals surface area contributed by atoms with Gasteiger partial charge in [-0.2, -0.15) is 0 Å². The third-order valence-electron chi connectivity index (χ3n) is 3.66. The van der Waals surface area contributed by atoms with Gasteiger partial charge in [0, 0.05) is 5.56 Å². The molecule has 134 valence electrons. The average Bonchev–Trinajstić information content (AvgIpc) is 3.10. The number of benzene rings is 2. The minimum atomic E-state index is -3.99. The van der Waals surface area contributed by atoms with Crippen molar-refractivity contribution in [2.75, 3.05) is 0 Å². The molecule has 0 aliphatic rings. The van der Waals surface area contributed by atoms with Gasteiger partial charge in [-0.15, -0.1) is 16.2 Å². The van der Waals surface area contributed by atoms with Crippen LogP contribution in [0.25, 0.3) is 11.1 Å². The number of amides is 1. The molecule has 0 unspecified atom stereocenters.